The molecule has 1 aromatic rings. The van der Waals surface area contributed by atoms with Crippen molar-refractivity contribution in [1.29, 1.82) is 0 Å². The number of hydrogen-bond acceptors (Lipinski definition) is 4. The molecule has 1 fully saturated rings. The second-order valence-electron chi connectivity index (χ2n) is 12.2. The smallest absolute Gasteiger partial charge is 0.305 e. The molecule has 4 nitrogen and oxygen atoms in total. The van der Waals surface area contributed by atoms with E-state index in [0.717, 1.165) is 56.9 Å². The molecule has 1 aromatic carbocycles. The van der Waals surface area contributed by atoms with Crippen molar-refractivity contribution < 1.29 is 19.1 Å². The predicted octanol–water partition coefficient (Wildman–Crippen LogP) is 8.69. The quantitative estimate of drug-likeness (QED) is 0.0827. The Hall–Kier alpha value is -1.14. The van der Waals surface area contributed by atoms with Gasteiger partial charge in [0.1, 0.15) is 0 Å². The van der Waals surface area contributed by atoms with E-state index in [9.17, 15) is 9.90 Å². The molecule has 0 spiro atoms. The van der Waals surface area contributed by atoms with Gasteiger partial charge in [-0.1, -0.05) is 83.4 Å². The van der Waals surface area contributed by atoms with Gasteiger partial charge in [-0.15, -0.1) is 11.6 Å². The van der Waals surface area contributed by atoms with E-state index in [1.54, 1.807) is 0 Å². The highest BCUT2D eigenvalue weighted by molar-refractivity contribution is 6.74. The van der Waals surface area contributed by atoms with Gasteiger partial charge in [0.05, 0.1) is 19.3 Å². The van der Waals surface area contributed by atoms with Crippen molar-refractivity contribution in [3.05, 3.63) is 47.5 Å². The minimum absolute atomic E-state index is 0.0406. The van der Waals surface area contributed by atoms with Crippen LogP contribution in [-0.2, 0) is 14.0 Å². The van der Waals surface area contributed by atoms with Gasteiger partial charge in [0.15, 0.2) is 8.32 Å². The first-order valence-electron chi connectivity index (χ1n) is 14.2. The molecule has 6 heteroatoms. The molecule has 0 radical (unpaired) electrons. The van der Waals surface area contributed by atoms with E-state index in [4.69, 9.17) is 20.8 Å². The summed E-state index contributed by atoms with van der Waals surface area (Å²) >= 11 is 7.01. The highest BCUT2D eigenvalue weighted by Crippen LogP contribution is 2.49. The number of aliphatic hydroxyl groups excluding tert-OH is 1. The highest BCUT2D eigenvalue weighted by Gasteiger charge is 2.48. The fraction of sp³-hybridized carbons (Fsp3) is 0.710. The summed E-state index contributed by atoms with van der Waals surface area (Å²) in [5.41, 5.74) is 2.24. The maximum absolute atomic E-state index is 11.4. The number of rotatable bonds is 14. The molecule has 0 heterocycles. The molecule has 1 N–H and O–H groups in total. The maximum atomic E-state index is 11.4. The van der Waals surface area contributed by atoms with Gasteiger partial charge >= 0.3 is 5.97 Å². The monoisotopic (exact) mass is 550 g/mol. The largest absolute Gasteiger partial charge is 0.469 e. The SMILES string of the molecule is CCCCCC(O)c1ccc([C@@H]2[C@@H](CC=CCCCC(=O)OC)[C@H](Cl)C[C@H]2O[Si](C)(C)C(C)(C)C)cc1. The van der Waals surface area contributed by atoms with Gasteiger partial charge in [-0.2, -0.15) is 0 Å². The van der Waals surface area contributed by atoms with Crippen LogP contribution in [-0.4, -0.2) is 38.0 Å². The number of carbonyl (C=O) groups excluding carboxylic acids is 1. The predicted molar refractivity (Wildman–Crippen MR) is 158 cm³/mol. The average molecular weight is 551 g/mol. The molecule has 2 rings (SSSR count). The summed E-state index contributed by atoms with van der Waals surface area (Å²) in [5, 5.41) is 10.8. The number of methoxy groups -OCH3 is 1. The third kappa shape index (κ3) is 9.52. The van der Waals surface area contributed by atoms with Crippen LogP contribution in [0.3, 0.4) is 0 Å². The second kappa shape index (κ2) is 14.9. The Balaban J connectivity index is 2.20. The van der Waals surface area contributed by atoms with E-state index in [0.29, 0.717) is 6.42 Å². The standard InChI is InChI=1S/C31H51ClO4Si/c1-8-9-12-16-27(33)23-18-20-24(21-19-23)30-25(15-13-10-11-14-17-29(34)35-5)26(32)22-28(30)36-37(6,7)31(2,3)4/h10,13,18-21,25-28,30,33H,8-9,11-12,14-17,22H2,1-7H3/t25-,26+,27?,28+,30+/m0/s1. The number of halogens is 1. The Morgan fingerprint density at radius 2 is 1.84 bits per heavy atom. The number of allylic oxidation sites excluding steroid dienone is 2. The summed E-state index contributed by atoms with van der Waals surface area (Å²) in [7, 11) is -0.543. The van der Waals surface area contributed by atoms with Gasteiger partial charge in [-0.25, -0.2) is 0 Å². The van der Waals surface area contributed by atoms with Crippen molar-refractivity contribution in [2.45, 2.75) is 127 Å². The van der Waals surface area contributed by atoms with E-state index >= 15 is 0 Å². The molecule has 0 saturated heterocycles. The molecule has 37 heavy (non-hydrogen) atoms. The zero-order chi connectivity index (χ0) is 27.6. The van der Waals surface area contributed by atoms with Crippen LogP contribution in [0.15, 0.2) is 36.4 Å². The average Bonchev–Trinajstić information content (AvgIpc) is 3.14. The summed E-state index contributed by atoms with van der Waals surface area (Å²) < 4.78 is 11.7. The molecule has 0 amide bonds. The molecule has 0 aromatic heterocycles. The molecular weight excluding hydrogens is 500 g/mol. The molecule has 1 aliphatic carbocycles. The third-order valence-electron chi connectivity index (χ3n) is 8.38. The highest BCUT2D eigenvalue weighted by atomic mass is 35.5. The summed E-state index contributed by atoms with van der Waals surface area (Å²) in [5.74, 6) is 0.325. The van der Waals surface area contributed by atoms with Crippen LogP contribution >= 0.6 is 11.6 Å². The molecule has 1 unspecified atom stereocenters. The first-order chi connectivity index (χ1) is 17.4. The number of hydrogen-bond donors (Lipinski definition) is 1. The first kappa shape index (κ1) is 32.1. The number of unbranched alkanes of at least 4 members (excludes halogenated alkanes) is 3. The summed E-state index contributed by atoms with van der Waals surface area (Å²) in [6.07, 6.45) is 12.1. The van der Waals surface area contributed by atoms with Crippen molar-refractivity contribution in [3.8, 4) is 0 Å². The van der Waals surface area contributed by atoms with E-state index in [2.05, 4.69) is 77.2 Å². The minimum Gasteiger partial charge on any atom is -0.469 e. The van der Waals surface area contributed by atoms with Crippen molar-refractivity contribution in [2.24, 2.45) is 5.92 Å². The van der Waals surface area contributed by atoms with E-state index < -0.39 is 14.4 Å². The van der Waals surface area contributed by atoms with Gasteiger partial charge in [-0.05, 0) is 67.3 Å². The zero-order valence-corrected chi connectivity index (χ0v) is 26.0. The summed E-state index contributed by atoms with van der Waals surface area (Å²) in [4.78, 5) is 11.4. The van der Waals surface area contributed by atoms with Gasteiger partial charge in [-0.3, -0.25) is 4.79 Å². The summed E-state index contributed by atoms with van der Waals surface area (Å²) in [6.45, 7) is 13.7. The van der Waals surface area contributed by atoms with Crippen LogP contribution in [0.1, 0.15) is 109 Å². The van der Waals surface area contributed by atoms with Crippen LogP contribution in [0.5, 0.6) is 0 Å². The number of ether oxygens (including phenoxy) is 1. The lowest BCUT2D eigenvalue weighted by molar-refractivity contribution is -0.140. The Morgan fingerprint density at radius 3 is 2.43 bits per heavy atom. The molecule has 0 aliphatic heterocycles. The van der Waals surface area contributed by atoms with Gasteiger partial charge in [0.25, 0.3) is 0 Å². The Kier molecular flexibility index (Phi) is 12.9. The fourth-order valence-corrected chi connectivity index (χ4v) is 6.80. The van der Waals surface area contributed by atoms with Crippen LogP contribution in [0, 0.1) is 5.92 Å². The molecule has 1 aliphatic rings. The fourth-order valence-electron chi connectivity index (χ4n) is 5.01. The number of aliphatic hydroxyl groups is 1. The first-order valence-corrected chi connectivity index (χ1v) is 17.6. The van der Waals surface area contributed by atoms with Gasteiger partial charge in [0, 0.05) is 17.7 Å². The van der Waals surface area contributed by atoms with Crippen LogP contribution in [0.2, 0.25) is 18.1 Å². The lowest BCUT2D eigenvalue weighted by atomic mass is 9.84. The third-order valence-corrected chi connectivity index (χ3v) is 13.4. The Labute approximate surface area is 232 Å². The molecule has 1 saturated carbocycles. The van der Waals surface area contributed by atoms with Gasteiger partial charge < -0.3 is 14.3 Å². The van der Waals surface area contributed by atoms with E-state index in [1.807, 2.05) is 0 Å². The second-order valence-corrected chi connectivity index (χ2v) is 17.5. The topological polar surface area (TPSA) is 55.8 Å². The normalized spacial score (nSPS) is 23.5. The Morgan fingerprint density at radius 1 is 1.16 bits per heavy atom. The molecule has 5 atom stereocenters. The van der Waals surface area contributed by atoms with Crippen molar-refractivity contribution in [2.75, 3.05) is 7.11 Å². The van der Waals surface area contributed by atoms with Crippen LogP contribution in [0.4, 0.5) is 0 Å². The van der Waals surface area contributed by atoms with Crippen LogP contribution in [0.25, 0.3) is 0 Å². The van der Waals surface area contributed by atoms with Crippen molar-refractivity contribution in [3.63, 3.8) is 0 Å². The van der Waals surface area contributed by atoms with Crippen molar-refractivity contribution in [1.82, 2.24) is 0 Å². The van der Waals surface area contributed by atoms with Crippen molar-refractivity contribution >= 4 is 25.9 Å². The lowest BCUT2D eigenvalue weighted by Crippen LogP contribution is -2.44. The molecule has 210 valence electrons. The number of carbonyl (C=O) groups is 1. The summed E-state index contributed by atoms with van der Waals surface area (Å²) in [6, 6.07) is 8.56. The number of alkyl halides is 1. The Bertz CT molecular complexity index is 846. The molecule has 0 bridgehead atoms. The van der Waals surface area contributed by atoms with E-state index in [1.165, 1.54) is 12.7 Å². The van der Waals surface area contributed by atoms with Crippen LogP contribution < -0.4 is 0 Å². The zero-order valence-electron chi connectivity index (χ0n) is 24.3. The minimum atomic E-state index is -1.98. The maximum Gasteiger partial charge on any atom is 0.305 e. The number of benzene rings is 1. The molecular formula is C31H51ClO4Si. The number of esters is 1. The van der Waals surface area contributed by atoms with Gasteiger partial charge in [0.2, 0.25) is 0 Å². The lowest BCUT2D eigenvalue weighted by Gasteiger charge is -2.40. The van der Waals surface area contributed by atoms with E-state index in [-0.39, 0.29) is 34.3 Å².